The zero-order chi connectivity index (χ0) is 42.6. The van der Waals surface area contributed by atoms with Crippen molar-refractivity contribution in [1.82, 2.24) is 0 Å². The maximum Gasteiger partial charge on any atom is 0.143 e. The second-order valence-electron chi connectivity index (χ2n) is 18.8. The zero-order valence-corrected chi connectivity index (χ0v) is 35.9. The summed E-state index contributed by atoms with van der Waals surface area (Å²) in [6, 6.07) is 63.8. The van der Waals surface area contributed by atoms with Crippen molar-refractivity contribution in [2.75, 3.05) is 4.90 Å². The van der Waals surface area contributed by atoms with E-state index in [1.165, 1.54) is 44.5 Å². The van der Waals surface area contributed by atoms with Gasteiger partial charge in [-0.2, -0.15) is 0 Å². The molecular weight excluding hydrogens is 783 g/mol. The predicted octanol–water partition coefficient (Wildman–Crippen LogP) is 17.1. The van der Waals surface area contributed by atoms with Crippen LogP contribution in [0.25, 0.3) is 99.2 Å². The molecule has 2 aliphatic rings. The molecule has 64 heavy (non-hydrogen) atoms. The highest BCUT2D eigenvalue weighted by molar-refractivity contribution is 6.28. The topological polar surface area (TPSA) is 42.7 Å². The first-order chi connectivity index (χ1) is 31.2. The summed E-state index contributed by atoms with van der Waals surface area (Å²) in [6.07, 6.45) is 0. The van der Waals surface area contributed by atoms with E-state index in [0.29, 0.717) is 0 Å². The average Bonchev–Trinajstić information content (AvgIpc) is 4.10. The van der Waals surface area contributed by atoms with E-state index >= 15 is 0 Å². The second kappa shape index (κ2) is 12.4. The Morgan fingerprint density at radius 2 is 0.797 bits per heavy atom. The maximum atomic E-state index is 7.08. The minimum absolute atomic E-state index is 0.185. The minimum Gasteiger partial charge on any atom is -0.456 e. The van der Waals surface area contributed by atoms with Crippen LogP contribution in [0.4, 0.5) is 17.1 Å². The molecule has 2 aliphatic carbocycles. The zero-order valence-electron chi connectivity index (χ0n) is 35.9. The number of nitrogens with zero attached hydrogens (tertiary/aromatic N) is 1. The van der Waals surface area contributed by atoms with E-state index in [0.717, 1.165) is 94.0 Å². The summed E-state index contributed by atoms with van der Waals surface area (Å²) in [5.74, 6) is 0. The van der Waals surface area contributed by atoms with Crippen LogP contribution >= 0.6 is 0 Å². The molecule has 0 saturated heterocycles. The van der Waals surface area contributed by atoms with Crippen molar-refractivity contribution >= 4 is 82.9 Å². The standard InChI is InChI=1S/C60H41NO3/c1-59(2)47-20-9-5-14-37(47)39-26-24-34(32-49(39)59)61(35-25-27-40-38-15-6-10-21-48(38)60(3,4)50(40)33-35)36-30-45(43-19-13-18-42-41-16-7-11-22-51(41)63-57(42)43)58-46(31-36)56-54(64-58)29-28-53-55(56)44-17-8-12-23-52(44)62-53/h5-33H,1-4H3. The highest BCUT2D eigenvalue weighted by atomic mass is 16.3. The van der Waals surface area contributed by atoms with Crippen molar-refractivity contribution in [2.24, 2.45) is 0 Å². The molecule has 0 unspecified atom stereocenters. The van der Waals surface area contributed by atoms with E-state index in [2.05, 4.69) is 184 Å². The van der Waals surface area contributed by atoms with Crippen LogP contribution < -0.4 is 4.90 Å². The van der Waals surface area contributed by atoms with Crippen LogP contribution in [0.3, 0.4) is 0 Å². The van der Waals surface area contributed by atoms with Crippen LogP contribution in [0.1, 0.15) is 49.9 Å². The number of furan rings is 3. The van der Waals surface area contributed by atoms with Crippen molar-refractivity contribution in [3.05, 3.63) is 198 Å². The normalized spacial score (nSPS) is 14.5. The summed E-state index contributed by atoms with van der Waals surface area (Å²) in [7, 11) is 0. The van der Waals surface area contributed by atoms with Crippen LogP contribution in [-0.4, -0.2) is 0 Å². The van der Waals surface area contributed by atoms with E-state index in [-0.39, 0.29) is 10.8 Å². The van der Waals surface area contributed by atoms with Gasteiger partial charge in [-0.25, -0.2) is 0 Å². The number of hydrogen-bond acceptors (Lipinski definition) is 4. The van der Waals surface area contributed by atoms with Gasteiger partial charge in [-0.05, 0) is 105 Å². The molecule has 4 heteroatoms. The second-order valence-corrected chi connectivity index (χ2v) is 18.8. The molecule has 3 aromatic heterocycles. The molecular formula is C60H41NO3. The molecule has 0 amide bonds. The highest BCUT2D eigenvalue weighted by Gasteiger charge is 2.38. The number of benzene rings is 9. The van der Waals surface area contributed by atoms with Crippen LogP contribution in [0, 0.1) is 0 Å². The average molecular weight is 824 g/mol. The van der Waals surface area contributed by atoms with Gasteiger partial charge in [-0.1, -0.05) is 143 Å². The lowest BCUT2D eigenvalue weighted by molar-refractivity contribution is 0.660. The first kappa shape index (κ1) is 35.7. The molecule has 0 bridgehead atoms. The summed E-state index contributed by atoms with van der Waals surface area (Å²) in [4.78, 5) is 2.47. The fourth-order valence-corrected chi connectivity index (χ4v) is 11.6. The Morgan fingerprint density at radius 1 is 0.312 bits per heavy atom. The number of hydrogen-bond donors (Lipinski definition) is 0. The van der Waals surface area contributed by atoms with Crippen molar-refractivity contribution < 1.29 is 13.3 Å². The van der Waals surface area contributed by atoms with Crippen molar-refractivity contribution in [1.29, 1.82) is 0 Å². The van der Waals surface area contributed by atoms with Gasteiger partial charge in [0.05, 0.1) is 0 Å². The molecule has 0 saturated carbocycles. The van der Waals surface area contributed by atoms with E-state index in [1.54, 1.807) is 0 Å². The van der Waals surface area contributed by atoms with Gasteiger partial charge in [0.25, 0.3) is 0 Å². The lowest BCUT2D eigenvalue weighted by Crippen LogP contribution is -2.18. The van der Waals surface area contributed by atoms with Crippen LogP contribution in [0.5, 0.6) is 0 Å². The maximum absolute atomic E-state index is 7.08. The molecule has 0 atom stereocenters. The first-order valence-corrected chi connectivity index (χ1v) is 22.2. The van der Waals surface area contributed by atoms with Crippen LogP contribution in [-0.2, 0) is 10.8 Å². The Kier molecular flexibility index (Phi) is 6.94. The fraction of sp³-hybridized carbons (Fsp3) is 0.100. The largest absolute Gasteiger partial charge is 0.456 e. The van der Waals surface area contributed by atoms with E-state index in [1.807, 2.05) is 24.3 Å². The summed E-state index contributed by atoms with van der Waals surface area (Å²) in [6.45, 7) is 9.43. The summed E-state index contributed by atoms with van der Waals surface area (Å²) >= 11 is 0. The first-order valence-electron chi connectivity index (χ1n) is 22.2. The number of fused-ring (bicyclic) bond motifs is 16. The molecule has 14 rings (SSSR count). The van der Waals surface area contributed by atoms with Gasteiger partial charge in [0, 0.05) is 71.3 Å². The lowest BCUT2D eigenvalue weighted by atomic mass is 9.82. The SMILES string of the molecule is CC1(C)c2ccccc2-c2ccc(N(c3ccc4c(c3)C(C)(C)c3ccccc3-4)c3cc(-c4cccc5c4oc4ccccc45)c4oc5ccc6oc7ccccc7c6c5c4c3)cc21. The van der Waals surface area contributed by atoms with Gasteiger partial charge in [0.15, 0.2) is 0 Å². The van der Waals surface area contributed by atoms with Crippen molar-refractivity contribution in [2.45, 2.75) is 38.5 Å². The molecule has 304 valence electrons. The van der Waals surface area contributed by atoms with Gasteiger partial charge in [0.2, 0.25) is 0 Å². The summed E-state index contributed by atoms with van der Waals surface area (Å²) < 4.78 is 20.4. The molecule has 0 aliphatic heterocycles. The number of rotatable bonds is 4. The van der Waals surface area contributed by atoms with Crippen LogP contribution in [0.2, 0.25) is 0 Å². The third-order valence-corrected chi connectivity index (χ3v) is 14.7. The van der Waals surface area contributed by atoms with E-state index < -0.39 is 0 Å². The monoisotopic (exact) mass is 823 g/mol. The highest BCUT2D eigenvalue weighted by Crippen LogP contribution is 2.54. The minimum atomic E-state index is -0.185. The van der Waals surface area contributed by atoms with Crippen LogP contribution in [0.15, 0.2) is 189 Å². The lowest BCUT2D eigenvalue weighted by Gasteiger charge is -2.30. The van der Waals surface area contributed by atoms with Gasteiger partial charge >= 0.3 is 0 Å². The molecule has 0 radical (unpaired) electrons. The van der Waals surface area contributed by atoms with Crippen molar-refractivity contribution in [3.63, 3.8) is 0 Å². The molecule has 12 aromatic rings. The Hall–Kier alpha value is -7.82. The van der Waals surface area contributed by atoms with Gasteiger partial charge < -0.3 is 18.2 Å². The van der Waals surface area contributed by atoms with Gasteiger partial charge in [-0.15, -0.1) is 0 Å². The smallest absolute Gasteiger partial charge is 0.143 e. The third kappa shape index (κ3) is 4.67. The van der Waals surface area contributed by atoms with E-state index in [9.17, 15) is 0 Å². The molecule has 4 nitrogen and oxygen atoms in total. The Morgan fingerprint density at radius 3 is 1.47 bits per heavy atom. The Balaban J connectivity index is 1.10. The number of para-hydroxylation sites is 3. The van der Waals surface area contributed by atoms with Crippen molar-refractivity contribution in [3.8, 4) is 33.4 Å². The predicted molar refractivity (Wildman–Crippen MR) is 264 cm³/mol. The Bertz CT molecular complexity index is 3880. The molecule has 3 heterocycles. The number of anilines is 3. The summed E-state index contributed by atoms with van der Waals surface area (Å²) in [5.41, 5.74) is 20.3. The summed E-state index contributed by atoms with van der Waals surface area (Å²) in [5, 5.41) is 6.33. The molecule has 0 fully saturated rings. The molecule has 0 spiro atoms. The van der Waals surface area contributed by atoms with Gasteiger partial charge in [0.1, 0.15) is 33.5 Å². The Labute approximate surface area is 369 Å². The molecule has 9 aromatic carbocycles. The van der Waals surface area contributed by atoms with E-state index in [4.69, 9.17) is 13.3 Å². The third-order valence-electron chi connectivity index (χ3n) is 14.7. The fourth-order valence-electron chi connectivity index (χ4n) is 11.6. The molecule has 0 N–H and O–H groups in total. The quantitative estimate of drug-likeness (QED) is 0.177. The van der Waals surface area contributed by atoms with Gasteiger partial charge in [-0.3, -0.25) is 0 Å².